The minimum Gasteiger partial charge on any atom is -0.493 e. The Bertz CT molecular complexity index is 1300. The molecule has 0 aliphatic rings. The first-order valence-electron chi connectivity index (χ1n) is 11.9. The minimum absolute atomic E-state index is 0.613. The Morgan fingerprint density at radius 1 is 0.514 bits per heavy atom. The third-order valence-corrected chi connectivity index (χ3v) is 9.30. The van der Waals surface area contributed by atoms with Crippen molar-refractivity contribution in [3.05, 3.63) is 48.5 Å². The van der Waals surface area contributed by atoms with Crippen molar-refractivity contribution in [2.24, 2.45) is 0 Å². The van der Waals surface area contributed by atoms with Gasteiger partial charge in [-0.3, -0.25) is 0 Å². The number of hydrogen-bond acceptors (Lipinski definition) is 7. The van der Waals surface area contributed by atoms with E-state index in [1.165, 1.54) is 28.6 Å². The summed E-state index contributed by atoms with van der Waals surface area (Å²) in [5.74, 6) is 3.45. The SMILES string of the molecule is CCOc1cccc(OCC)c1-c1cc2sc3cc(-c4c(OCC)cccc4OCC)sc3c2s1. The van der Waals surface area contributed by atoms with E-state index in [4.69, 9.17) is 18.9 Å². The number of hydrogen-bond donors (Lipinski definition) is 0. The fourth-order valence-electron chi connectivity index (χ4n) is 4.19. The Kier molecular flexibility index (Phi) is 7.18. The van der Waals surface area contributed by atoms with Gasteiger partial charge in [0.05, 0.1) is 47.0 Å². The molecule has 0 unspecified atom stereocenters. The van der Waals surface area contributed by atoms with Gasteiger partial charge in [-0.1, -0.05) is 12.1 Å². The third-order valence-electron chi connectivity index (χ3n) is 5.49. The van der Waals surface area contributed by atoms with Crippen LogP contribution in [0.15, 0.2) is 48.5 Å². The molecule has 0 atom stereocenters. The average molecular weight is 525 g/mol. The quantitative estimate of drug-likeness (QED) is 0.183. The van der Waals surface area contributed by atoms with Gasteiger partial charge in [0.1, 0.15) is 23.0 Å². The molecule has 5 rings (SSSR count). The van der Waals surface area contributed by atoms with Crippen molar-refractivity contribution in [1.82, 2.24) is 0 Å². The van der Waals surface area contributed by atoms with Crippen LogP contribution in [0.2, 0.25) is 0 Å². The molecule has 0 fully saturated rings. The molecule has 35 heavy (non-hydrogen) atoms. The van der Waals surface area contributed by atoms with Crippen LogP contribution in [-0.4, -0.2) is 26.4 Å². The molecule has 2 aromatic carbocycles. The summed E-state index contributed by atoms with van der Waals surface area (Å²) in [5, 5.41) is 0. The third kappa shape index (κ3) is 4.48. The largest absolute Gasteiger partial charge is 0.493 e. The normalized spacial score (nSPS) is 11.3. The van der Waals surface area contributed by atoms with E-state index >= 15 is 0 Å². The number of thiophene rings is 3. The molecule has 0 saturated carbocycles. The fraction of sp³-hybridized carbons (Fsp3) is 0.286. The molecule has 0 saturated heterocycles. The van der Waals surface area contributed by atoms with Crippen molar-refractivity contribution in [2.45, 2.75) is 27.7 Å². The van der Waals surface area contributed by atoms with Crippen LogP contribution in [-0.2, 0) is 0 Å². The standard InChI is InChI=1S/C28H28O4S3/c1-5-29-17-11-9-12-18(30-6-2)25(17)21-15-23-27(34-21)28-24(33-23)16-22(35-28)26-19(31-7-3)13-10-14-20(26)32-8-4/h9-16H,5-8H2,1-4H3. The zero-order valence-corrected chi connectivity index (χ0v) is 22.8. The molecule has 0 N–H and O–H groups in total. The highest BCUT2D eigenvalue weighted by Gasteiger charge is 2.21. The highest BCUT2D eigenvalue weighted by Crippen LogP contribution is 2.52. The van der Waals surface area contributed by atoms with Crippen LogP contribution in [0, 0.1) is 0 Å². The first-order valence-corrected chi connectivity index (χ1v) is 14.4. The molecular formula is C28H28O4S3. The van der Waals surface area contributed by atoms with Gasteiger partial charge in [0.2, 0.25) is 0 Å². The Balaban J connectivity index is 1.64. The maximum atomic E-state index is 5.98. The van der Waals surface area contributed by atoms with Crippen molar-refractivity contribution < 1.29 is 18.9 Å². The molecule has 0 bridgehead atoms. The van der Waals surface area contributed by atoms with Gasteiger partial charge in [-0.25, -0.2) is 0 Å². The Morgan fingerprint density at radius 2 is 0.857 bits per heavy atom. The van der Waals surface area contributed by atoms with E-state index in [1.807, 2.05) is 75.4 Å². The summed E-state index contributed by atoms with van der Waals surface area (Å²) in [7, 11) is 0. The number of benzene rings is 2. The van der Waals surface area contributed by atoms with Crippen LogP contribution in [0.1, 0.15) is 27.7 Å². The fourth-order valence-corrected chi connectivity index (χ4v) is 8.33. The van der Waals surface area contributed by atoms with E-state index in [-0.39, 0.29) is 0 Å². The van der Waals surface area contributed by atoms with E-state index in [1.54, 1.807) is 22.7 Å². The molecule has 0 aliphatic carbocycles. The van der Waals surface area contributed by atoms with Crippen LogP contribution in [0.25, 0.3) is 39.7 Å². The Labute approximate surface area is 217 Å². The maximum absolute atomic E-state index is 5.98. The summed E-state index contributed by atoms with van der Waals surface area (Å²) >= 11 is 5.43. The number of fused-ring (bicyclic) bond motifs is 3. The second kappa shape index (κ2) is 10.5. The van der Waals surface area contributed by atoms with E-state index < -0.39 is 0 Å². The molecule has 0 radical (unpaired) electrons. The van der Waals surface area contributed by atoms with Crippen LogP contribution in [0.5, 0.6) is 23.0 Å². The van der Waals surface area contributed by atoms with Gasteiger partial charge < -0.3 is 18.9 Å². The molecule has 3 heterocycles. The molecule has 5 aromatic rings. The zero-order valence-electron chi connectivity index (χ0n) is 20.3. The smallest absolute Gasteiger partial charge is 0.131 e. The van der Waals surface area contributed by atoms with E-state index in [0.29, 0.717) is 26.4 Å². The van der Waals surface area contributed by atoms with E-state index in [9.17, 15) is 0 Å². The molecule has 0 spiro atoms. The van der Waals surface area contributed by atoms with Crippen LogP contribution >= 0.6 is 34.0 Å². The van der Waals surface area contributed by atoms with Crippen molar-refractivity contribution in [3.8, 4) is 43.9 Å². The zero-order chi connectivity index (χ0) is 24.4. The first kappa shape index (κ1) is 24.0. The van der Waals surface area contributed by atoms with Crippen molar-refractivity contribution in [1.29, 1.82) is 0 Å². The molecule has 3 aromatic heterocycles. The van der Waals surface area contributed by atoms with Gasteiger partial charge in [0, 0.05) is 19.2 Å². The van der Waals surface area contributed by atoms with Gasteiger partial charge in [-0.05, 0) is 64.1 Å². The summed E-state index contributed by atoms with van der Waals surface area (Å²) in [5.41, 5.74) is 2.07. The van der Waals surface area contributed by atoms with Crippen LogP contribution in [0.4, 0.5) is 0 Å². The molecule has 182 valence electrons. The first-order chi connectivity index (χ1) is 17.2. The molecule has 0 aliphatic heterocycles. The van der Waals surface area contributed by atoms with E-state index in [2.05, 4.69) is 12.1 Å². The predicted octanol–water partition coefficient (Wildman–Crippen LogP) is 9.11. The Morgan fingerprint density at radius 3 is 1.17 bits per heavy atom. The monoisotopic (exact) mass is 524 g/mol. The highest BCUT2D eigenvalue weighted by atomic mass is 32.1. The van der Waals surface area contributed by atoms with Gasteiger partial charge >= 0.3 is 0 Å². The van der Waals surface area contributed by atoms with Crippen LogP contribution < -0.4 is 18.9 Å². The lowest BCUT2D eigenvalue weighted by Crippen LogP contribution is -1.98. The lowest BCUT2D eigenvalue weighted by atomic mass is 10.1. The Hall–Kier alpha value is -2.74. The summed E-state index contributed by atoms with van der Waals surface area (Å²) < 4.78 is 29.1. The lowest BCUT2D eigenvalue weighted by molar-refractivity contribution is 0.325. The van der Waals surface area contributed by atoms with Crippen molar-refractivity contribution in [2.75, 3.05) is 26.4 Å². The minimum atomic E-state index is 0.613. The predicted molar refractivity (Wildman–Crippen MR) is 151 cm³/mol. The van der Waals surface area contributed by atoms with Gasteiger partial charge in [0.25, 0.3) is 0 Å². The van der Waals surface area contributed by atoms with Gasteiger partial charge in [-0.15, -0.1) is 34.0 Å². The number of rotatable bonds is 10. The summed E-state index contributed by atoms with van der Waals surface area (Å²) in [6.07, 6.45) is 0. The summed E-state index contributed by atoms with van der Waals surface area (Å²) in [6, 6.07) is 16.6. The van der Waals surface area contributed by atoms with Gasteiger partial charge in [-0.2, -0.15) is 0 Å². The van der Waals surface area contributed by atoms with Crippen LogP contribution in [0.3, 0.4) is 0 Å². The second-order valence-electron chi connectivity index (χ2n) is 7.70. The average Bonchev–Trinajstić information content (AvgIpc) is 3.51. The molecule has 0 amide bonds. The van der Waals surface area contributed by atoms with Gasteiger partial charge in [0.15, 0.2) is 0 Å². The van der Waals surface area contributed by atoms with Crippen molar-refractivity contribution in [3.63, 3.8) is 0 Å². The summed E-state index contributed by atoms with van der Waals surface area (Å²) in [6.45, 7) is 10.5. The number of ether oxygens (including phenoxy) is 4. The lowest BCUT2D eigenvalue weighted by Gasteiger charge is -2.14. The molecular weight excluding hydrogens is 497 g/mol. The highest BCUT2D eigenvalue weighted by molar-refractivity contribution is 7.40. The topological polar surface area (TPSA) is 36.9 Å². The van der Waals surface area contributed by atoms with E-state index in [0.717, 1.165) is 34.1 Å². The molecule has 4 nitrogen and oxygen atoms in total. The summed E-state index contributed by atoms with van der Waals surface area (Å²) in [4.78, 5) is 2.33. The van der Waals surface area contributed by atoms with Crippen molar-refractivity contribution >= 4 is 52.8 Å². The molecule has 7 heteroatoms. The second-order valence-corrected chi connectivity index (χ2v) is 10.9. The maximum Gasteiger partial charge on any atom is 0.131 e.